The fourth-order valence-electron chi connectivity index (χ4n) is 5.92. The summed E-state index contributed by atoms with van der Waals surface area (Å²) in [5.74, 6) is 0.487. The third-order valence-corrected chi connectivity index (χ3v) is 8.46. The van der Waals surface area contributed by atoms with Crippen LogP contribution >= 0.6 is 0 Å². The largest absolute Gasteiger partial charge is 0.390 e. The normalized spacial score (nSPS) is 24.5. The molecule has 3 aliphatic rings. The van der Waals surface area contributed by atoms with E-state index in [-0.39, 0.29) is 12.0 Å². The number of nitrogens with zero attached hydrogens (tertiary/aromatic N) is 3. The molecule has 0 aliphatic carbocycles. The van der Waals surface area contributed by atoms with Crippen LogP contribution in [0.4, 0.5) is 0 Å². The second-order valence-electron chi connectivity index (χ2n) is 10.8. The van der Waals surface area contributed by atoms with Crippen LogP contribution in [-0.4, -0.2) is 86.7 Å². The van der Waals surface area contributed by atoms with E-state index < -0.39 is 0 Å². The van der Waals surface area contributed by atoms with Gasteiger partial charge in [-0.25, -0.2) is 4.99 Å². The number of methoxy groups -OCH3 is 1. The zero-order valence-corrected chi connectivity index (χ0v) is 23.3. The first-order valence-corrected chi connectivity index (χ1v) is 14.0. The first kappa shape index (κ1) is 28.3. The van der Waals surface area contributed by atoms with Gasteiger partial charge >= 0.3 is 0 Å². The Balaban J connectivity index is 1.34. The van der Waals surface area contributed by atoms with Crippen molar-refractivity contribution in [3.8, 4) is 0 Å². The van der Waals surface area contributed by atoms with E-state index in [0.29, 0.717) is 43.4 Å². The van der Waals surface area contributed by atoms with Crippen LogP contribution in [0.15, 0.2) is 52.8 Å². The highest BCUT2D eigenvalue weighted by Crippen LogP contribution is 2.31. The van der Waals surface area contributed by atoms with E-state index in [0.717, 1.165) is 63.1 Å². The quantitative estimate of drug-likeness (QED) is 0.235. The van der Waals surface area contributed by atoms with Crippen molar-refractivity contribution in [2.75, 3.05) is 46.5 Å². The molecule has 38 heavy (non-hydrogen) atoms. The van der Waals surface area contributed by atoms with Gasteiger partial charge in [0.05, 0.1) is 19.0 Å². The fourth-order valence-corrected chi connectivity index (χ4v) is 5.92. The van der Waals surface area contributed by atoms with Crippen LogP contribution in [0, 0.1) is 6.92 Å². The summed E-state index contributed by atoms with van der Waals surface area (Å²) in [5, 5.41) is 3.75. The third-order valence-electron chi connectivity index (χ3n) is 8.46. The van der Waals surface area contributed by atoms with Crippen LogP contribution in [0.3, 0.4) is 0 Å². The molecule has 3 aliphatic heterocycles. The predicted molar refractivity (Wildman–Crippen MR) is 152 cm³/mol. The van der Waals surface area contributed by atoms with Crippen LogP contribution in [-0.2, 0) is 14.3 Å². The van der Waals surface area contributed by atoms with Crippen molar-refractivity contribution >= 4 is 12.2 Å². The summed E-state index contributed by atoms with van der Waals surface area (Å²) >= 11 is 0. The molecule has 0 bridgehead atoms. The maximum Gasteiger partial charge on any atom is 0.272 e. The van der Waals surface area contributed by atoms with E-state index in [1.54, 1.807) is 7.11 Å². The Kier molecular flexibility index (Phi) is 9.99. The lowest BCUT2D eigenvalue weighted by atomic mass is 9.88. The number of carbonyl (C=O) groups is 1. The van der Waals surface area contributed by atoms with Crippen molar-refractivity contribution in [1.82, 2.24) is 15.1 Å². The molecule has 3 heterocycles. The van der Waals surface area contributed by atoms with Gasteiger partial charge in [-0.15, -0.1) is 0 Å². The summed E-state index contributed by atoms with van der Waals surface area (Å²) in [4.78, 5) is 22.1. The average Bonchev–Trinajstić information content (AvgIpc) is 2.96. The van der Waals surface area contributed by atoms with Crippen LogP contribution < -0.4 is 11.1 Å². The molecule has 0 spiro atoms. The fraction of sp³-hybridized carbons (Fsp3) is 0.600. The smallest absolute Gasteiger partial charge is 0.272 e. The lowest BCUT2D eigenvalue weighted by Crippen LogP contribution is -2.54. The molecular weight excluding hydrogens is 478 g/mol. The maximum absolute atomic E-state index is 13.6. The number of ether oxygens (including phenoxy) is 2. The molecule has 208 valence electrons. The highest BCUT2D eigenvalue weighted by atomic mass is 16.5. The molecule has 0 radical (unpaired) electrons. The van der Waals surface area contributed by atoms with E-state index in [1.807, 2.05) is 11.8 Å². The third kappa shape index (κ3) is 6.84. The number of amides is 1. The molecule has 3 N–H and O–H groups in total. The Morgan fingerprint density at radius 3 is 2.39 bits per heavy atom. The first-order chi connectivity index (χ1) is 18.4. The molecule has 0 aromatic heterocycles. The van der Waals surface area contributed by atoms with E-state index in [9.17, 15) is 4.79 Å². The van der Waals surface area contributed by atoms with E-state index in [4.69, 9.17) is 15.2 Å². The standard InChI is InChI=1S/C30H45N5O3/c1-21-5-7-24(8-6-21)25-9-14-34(15-10-25)23(3)22(2)29(32-20-31)30(36)35-16-11-26(12-17-35)33-27-13-18-38-19-28(27)37-4/h5-8,20,25-28,33H,3,9-19H2,1-2,4H3,(H2,31,32)/b29-22-. The Bertz CT molecular complexity index is 1010. The van der Waals surface area contributed by atoms with Gasteiger partial charge < -0.3 is 30.3 Å². The second kappa shape index (κ2) is 13.4. The minimum atomic E-state index is -0.0702. The number of nitrogens with two attached hydrogens (primary N) is 1. The van der Waals surface area contributed by atoms with Crippen molar-refractivity contribution in [3.05, 3.63) is 58.9 Å². The van der Waals surface area contributed by atoms with Gasteiger partial charge in [-0.05, 0) is 57.4 Å². The summed E-state index contributed by atoms with van der Waals surface area (Å²) in [6.45, 7) is 13.0. The van der Waals surface area contributed by atoms with Crippen molar-refractivity contribution in [3.63, 3.8) is 0 Å². The van der Waals surface area contributed by atoms with Crippen LogP contribution in [0.1, 0.15) is 56.1 Å². The number of piperidine rings is 2. The zero-order valence-electron chi connectivity index (χ0n) is 23.3. The average molecular weight is 524 g/mol. The zero-order chi connectivity index (χ0) is 27.1. The van der Waals surface area contributed by atoms with Crippen molar-refractivity contribution in [2.24, 2.45) is 10.7 Å². The second-order valence-corrected chi connectivity index (χ2v) is 10.8. The minimum absolute atomic E-state index is 0.0702. The highest BCUT2D eigenvalue weighted by Gasteiger charge is 2.32. The summed E-state index contributed by atoms with van der Waals surface area (Å²) in [6, 6.07) is 9.53. The number of carbonyl (C=O) groups excluding carboxylic acids is 1. The molecule has 8 heteroatoms. The van der Waals surface area contributed by atoms with Crippen LogP contribution in [0.2, 0.25) is 0 Å². The molecular formula is C30H45N5O3. The number of allylic oxidation sites excluding steroid dienone is 1. The monoisotopic (exact) mass is 523 g/mol. The molecule has 8 nitrogen and oxygen atoms in total. The lowest BCUT2D eigenvalue weighted by Gasteiger charge is -2.38. The molecule has 3 fully saturated rings. The molecule has 1 amide bonds. The van der Waals surface area contributed by atoms with Crippen molar-refractivity contribution in [2.45, 2.75) is 70.1 Å². The first-order valence-electron chi connectivity index (χ1n) is 14.0. The van der Waals surface area contributed by atoms with Gasteiger partial charge in [0.1, 0.15) is 5.70 Å². The van der Waals surface area contributed by atoms with Gasteiger partial charge in [0, 0.05) is 63.2 Å². The van der Waals surface area contributed by atoms with Crippen LogP contribution in [0.25, 0.3) is 0 Å². The number of aliphatic imine (C=N–C) groups is 1. The molecule has 1 aromatic rings. The van der Waals surface area contributed by atoms with Gasteiger partial charge in [-0.2, -0.15) is 0 Å². The number of nitrogens with one attached hydrogen (secondary N) is 1. The number of rotatable bonds is 8. The lowest BCUT2D eigenvalue weighted by molar-refractivity contribution is -0.128. The Labute approximate surface area is 227 Å². The van der Waals surface area contributed by atoms with Crippen LogP contribution in [0.5, 0.6) is 0 Å². The highest BCUT2D eigenvalue weighted by molar-refractivity contribution is 5.95. The summed E-state index contributed by atoms with van der Waals surface area (Å²) in [5.41, 5.74) is 10.4. The summed E-state index contributed by atoms with van der Waals surface area (Å²) in [6.07, 6.45) is 6.16. The number of benzene rings is 1. The summed E-state index contributed by atoms with van der Waals surface area (Å²) in [7, 11) is 1.74. The SMILES string of the molecule is C=C(/C(C)=C(\N=C/N)C(=O)N1CCC(NC2CCOCC2OC)CC1)N1CCC(c2ccc(C)cc2)CC1. The molecule has 0 saturated carbocycles. The number of likely N-dealkylation sites (tertiary alicyclic amines) is 2. The number of hydrogen-bond donors (Lipinski definition) is 2. The van der Waals surface area contributed by atoms with Gasteiger partial charge in [0.15, 0.2) is 0 Å². The van der Waals surface area contributed by atoms with Crippen molar-refractivity contribution in [1.29, 1.82) is 0 Å². The van der Waals surface area contributed by atoms with E-state index in [1.165, 1.54) is 17.5 Å². The number of aryl methyl sites for hydroxylation is 1. The molecule has 1 aromatic carbocycles. The summed E-state index contributed by atoms with van der Waals surface area (Å²) < 4.78 is 11.1. The van der Waals surface area contributed by atoms with Gasteiger partial charge in [0.25, 0.3) is 5.91 Å². The Hall–Kier alpha value is -2.68. The topological polar surface area (TPSA) is 92.4 Å². The van der Waals surface area contributed by atoms with E-state index >= 15 is 0 Å². The molecule has 2 atom stereocenters. The minimum Gasteiger partial charge on any atom is -0.390 e. The maximum atomic E-state index is 13.6. The van der Waals surface area contributed by atoms with Gasteiger partial charge in [0.2, 0.25) is 0 Å². The molecule has 3 saturated heterocycles. The molecule has 4 rings (SSSR count). The Morgan fingerprint density at radius 2 is 1.76 bits per heavy atom. The molecule has 2 unspecified atom stereocenters. The van der Waals surface area contributed by atoms with Crippen molar-refractivity contribution < 1.29 is 14.3 Å². The van der Waals surface area contributed by atoms with E-state index in [2.05, 4.69) is 53.0 Å². The van der Waals surface area contributed by atoms with Gasteiger partial charge in [-0.1, -0.05) is 36.4 Å². The van der Waals surface area contributed by atoms with Gasteiger partial charge in [-0.3, -0.25) is 4.79 Å². The number of hydrogen-bond acceptors (Lipinski definition) is 6. The predicted octanol–water partition coefficient (Wildman–Crippen LogP) is 3.33. The Morgan fingerprint density at radius 1 is 1.11 bits per heavy atom.